The van der Waals surface area contributed by atoms with Gasteiger partial charge in [0.15, 0.2) is 5.69 Å². The summed E-state index contributed by atoms with van der Waals surface area (Å²) in [5.41, 5.74) is 2.09. The van der Waals surface area contributed by atoms with Gasteiger partial charge in [-0.3, -0.25) is 4.79 Å². The zero-order valence-electron chi connectivity index (χ0n) is 14.6. The number of amides is 1. The zero-order valence-corrected chi connectivity index (χ0v) is 14.6. The van der Waals surface area contributed by atoms with Gasteiger partial charge in [0.1, 0.15) is 5.75 Å². The molecule has 0 fully saturated rings. The average molecular weight is 331 g/mol. The number of rotatable bonds is 7. The number of aliphatic hydroxyl groups excluding tert-OH is 1. The summed E-state index contributed by atoms with van der Waals surface area (Å²) in [6.07, 6.45) is 0.116. The maximum Gasteiger partial charge on any atom is 0.271 e. The Morgan fingerprint density at radius 3 is 2.58 bits per heavy atom. The van der Waals surface area contributed by atoms with Gasteiger partial charge < -0.3 is 15.2 Å². The first-order valence-electron chi connectivity index (χ1n) is 8.09. The van der Waals surface area contributed by atoms with Crippen molar-refractivity contribution in [3.05, 3.63) is 41.7 Å². The van der Waals surface area contributed by atoms with Crippen LogP contribution in [0.3, 0.4) is 0 Å². The monoisotopic (exact) mass is 331 g/mol. The van der Waals surface area contributed by atoms with E-state index in [1.54, 1.807) is 17.9 Å². The fraction of sp³-hybridized carbons (Fsp3) is 0.444. The lowest BCUT2D eigenvalue weighted by Crippen LogP contribution is -2.29. The van der Waals surface area contributed by atoms with Gasteiger partial charge in [-0.05, 0) is 49.6 Å². The van der Waals surface area contributed by atoms with Gasteiger partial charge in [-0.15, -0.1) is 0 Å². The van der Waals surface area contributed by atoms with E-state index in [0.717, 1.165) is 17.1 Å². The Bertz CT molecular complexity index is 677. The van der Waals surface area contributed by atoms with E-state index in [0.29, 0.717) is 18.7 Å². The van der Waals surface area contributed by atoms with Gasteiger partial charge in [0, 0.05) is 12.2 Å². The number of aryl methyl sites for hydroxylation is 1. The molecule has 1 aromatic carbocycles. The number of nitrogens with one attached hydrogen (secondary N) is 1. The fourth-order valence-corrected chi connectivity index (χ4v) is 2.33. The van der Waals surface area contributed by atoms with Crippen molar-refractivity contribution in [3.63, 3.8) is 0 Å². The molecule has 0 radical (unpaired) electrons. The second-order valence-electron chi connectivity index (χ2n) is 6.14. The highest BCUT2D eigenvalue weighted by Crippen LogP contribution is 2.16. The van der Waals surface area contributed by atoms with E-state index in [2.05, 4.69) is 10.4 Å². The highest BCUT2D eigenvalue weighted by Gasteiger charge is 2.14. The van der Waals surface area contributed by atoms with E-state index in [9.17, 15) is 9.90 Å². The van der Waals surface area contributed by atoms with E-state index in [1.165, 1.54) is 0 Å². The number of carbonyl (C=O) groups is 1. The van der Waals surface area contributed by atoms with Gasteiger partial charge in [-0.25, -0.2) is 4.68 Å². The second kappa shape index (κ2) is 7.97. The second-order valence-corrected chi connectivity index (χ2v) is 6.14. The highest BCUT2D eigenvalue weighted by atomic mass is 16.5. The minimum Gasteiger partial charge on any atom is -0.497 e. The van der Waals surface area contributed by atoms with Crippen LogP contribution in [-0.4, -0.2) is 40.6 Å². The standard InChI is InChI=1S/C18H25N3O3/c1-12(2)17(22)9-10-19-18(23)16-11-13(3)21(20-16)14-5-7-15(24-4)8-6-14/h5-8,11-12,17,22H,9-10H2,1-4H3,(H,19,23). The van der Waals surface area contributed by atoms with E-state index < -0.39 is 6.10 Å². The SMILES string of the molecule is COc1ccc(-n2nc(C(=O)NCCC(O)C(C)C)cc2C)cc1. The Balaban J connectivity index is 2.03. The third kappa shape index (κ3) is 4.35. The van der Waals surface area contributed by atoms with Gasteiger partial charge in [-0.1, -0.05) is 13.8 Å². The molecule has 0 aliphatic rings. The molecule has 1 amide bonds. The number of aromatic nitrogens is 2. The molecule has 6 nitrogen and oxygen atoms in total. The molecule has 24 heavy (non-hydrogen) atoms. The van der Waals surface area contributed by atoms with Crippen LogP contribution in [0.4, 0.5) is 0 Å². The molecule has 1 atom stereocenters. The molecular formula is C18H25N3O3. The summed E-state index contributed by atoms with van der Waals surface area (Å²) in [5.74, 6) is 0.713. The Morgan fingerprint density at radius 1 is 1.33 bits per heavy atom. The number of ether oxygens (including phenoxy) is 1. The largest absolute Gasteiger partial charge is 0.497 e. The number of hydrogen-bond donors (Lipinski definition) is 2. The minimum absolute atomic E-state index is 0.179. The lowest BCUT2D eigenvalue weighted by molar-refractivity contribution is 0.0915. The van der Waals surface area contributed by atoms with Crippen LogP contribution in [0.5, 0.6) is 5.75 Å². The van der Waals surface area contributed by atoms with E-state index >= 15 is 0 Å². The predicted molar refractivity (Wildman–Crippen MR) is 92.6 cm³/mol. The Hall–Kier alpha value is -2.34. The fourth-order valence-electron chi connectivity index (χ4n) is 2.33. The molecule has 0 saturated heterocycles. The van der Waals surface area contributed by atoms with Crippen LogP contribution >= 0.6 is 0 Å². The van der Waals surface area contributed by atoms with E-state index in [-0.39, 0.29) is 11.8 Å². The van der Waals surface area contributed by atoms with Gasteiger partial charge in [0.05, 0.1) is 18.9 Å². The molecule has 0 aliphatic carbocycles. The van der Waals surface area contributed by atoms with Crippen LogP contribution in [0.2, 0.25) is 0 Å². The normalized spacial score (nSPS) is 12.2. The van der Waals surface area contributed by atoms with Gasteiger partial charge in [-0.2, -0.15) is 5.10 Å². The summed E-state index contributed by atoms with van der Waals surface area (Å²) in [6, 6.07) is 9.23. The molecule has 2 aromatic rings. The highest BCUT2D eigenvalue weighted by molar-refractivity contribution is 5.92. The lowest BCUT2D eigenvalue weighted by Gasteiger charge is -2.14. The average Bonchev–Trinajstić information content (AvgIpc) is 2.96. The van der Waals surface area contributed by atoms with Crippen molar-refractivity contribution in [2.24, 2.45) is 5.92 Å². The number of hydrogen-bond acceptors (Lipinski definition) is 4. The molecule has 0 bridgehead atoms. The molecule has 6 heteroatoms. The third-order valence-corrected chi connectivity index (χ3v) is 3.93. The molecule has 130 valence electrons. The smallest absolute Gasteiger partial charge is 0.271 e. The van der Waals surface area contributed by atoms with Gasteiger partial charge in [0.25, 0.3) is 5.91 Å². The number of methoxy groups -OCH3 is 1. The maximum absolute atomic E-state index is 12.2. The summed E-state index contributed by atoms with van der Waals surface area (Å²) < 4.78 is 6.86. The zero-order chi connectivity index (χ0) is 17.7. The predicted octanol–water partition coefficient (Wildman–Crippen LogP) is 2.33. The van der Waals surface area contributed by atoms with Crippen molar-refractivity contribution < 1.29 is 14.6 Å². The summed E-state index contributed by atoms with van der Waals surface area (Å²) in [6.45, 7) is 6.22. The van der Waals surface area contributed by atoms with Gasteiger partial charge in [0.2, 0.25) is 0 Å². The van der Waals surface area contributed by atoms with Crippen LogP contribution in [0.25, 0.3) is 5.69 Å². The molecule has 0 spiro atoms. The Morgan fingerprint density at radius 2 is 2.00 bits per heavy atom. The van der Waals surface area contributed by atoms with Crippen molar-refractivity contribution in [1.82, 2.24) is 15.1 Å². The topological polar surface area (TPSA) is 76.4 Å². The Kier molecular flexibility index (Phi) is 5.98. The van der Waals surface area contributed by atoms with Crippen LogP contribution < -0.4 is 10.1 Å². The van der Waals surface area contributed by atoms with Crippen LogP contribution in [0.1, 0.15) is 36.5 Å². The Labute approximate surface area is 142 Å². The minimum atomic E-state index is -0.413. The first-order valence-corrected chi connectivity index (χ1v) is 8.09. The summed E-state index contributed by atoms with van der Waals surface area (Å²) in [4.78, 5) is 12.2. The van der Waals surface area contributed by atoms with Crippen molar-refractivity contribution >= 4 is 5.91 Å². The molecule has 0 aliphatic heterocycles. The van der Waals surface area contributed by atoms with Crippen molar-refractivity contribution in [3.8, 4) is 11.4 Å². The van der Waals surface area contributed by atoms with Crippen LogP contribution in [0.15, 0.2) is 30.3 Å². The van der Waals surface area contributed by atoms with Gasteiger partial charge >= 0.3 is 0 Å². The molecular weight excluding hydrogens is 306 g/mol. The van der Waals surface area contributed by atoms with E-state index in [4.69, 9.17) is 4.74 Å². The van der Waals surface area contributed by atoms with Crippen molar-refractivity contribution in [2.75, 3.05) is 13.7 Å². The first-order chi connectivity index (χ1) is 11.4. The molecule has 0 saturated carbocycles. The maximum atomic E-state index is 12.2. The third-order valence-electron chi connectivity index (χ3n) is 3.93. The van der Waals surface area contributed by atoms with Crippen molar-refractivity contribution in [1.29, 1.82) is 0 Å². The first kappa shape index (κ1) is 18.0. The molecule has 1 heterocycles. The number of benzene rings is 1. The molecule has 2 rings (SSSR count). The summed E-state index contributed by atoms with van der Waals surface area (Å²) in [7, 11) is 1.62. The quantitative estimate of drug-likeness (QED) is 0.816. The van der Waals surface area contributed by atoms with Crippen LogP contribution in [-0.2, 0) is 0 Å². The van der Waals surface area contributed by atoms with Crippen molar-refractivity contribution in [2.45, 2.75) is 33.3 Å². The number of nitrogens with zero attached hydrogens (tertiary/aromatic N) is 2. The number of aliphatic hydroxyl groups is 1. The lowest BCUT2D eigenvalue weighted by atomic mass is 10.0. The molecule has 2 N–H and O–H groups in total. The van der Waals surface area contributed by atoms with Crippen LogP contribution in [0, 0.1) is 12.8 Å². The van der Waals surface area contributed by atoms with E-state index in [1.807, 2.05) is 45.0 Å². The molecule has 1 aromatic heterocycles. The summed E-state index contributed by atoms with van der Waals surface area (Å²) in [5, 5.41) is 16.9. The molecule has 1 unspecified atom stereocenters. The summed E-state index contributed by atoms with van der Waals surface area (Å²) >= 11 is 0. The number of carbonyl (C=O) groups excluding carboxylic acids is 1.